The molecule has 0 aliphatic carbocycles. The summed E-state index contributed by atoms with van der Waals surface area (Å²) in [7, 11) is -3.72. The second-order valence-electron chi connectivity index (χ2n) is 2.56. The van der Waals surface area contributed by atoms with Crippen molar-refractivity contribution in [3.05, 3.63) is 5.82 Å². The van der Waals surface area contributed by atoms with Gasteiger partial charge in [-0.05, 0) is 0 Å². The van der Waals surface area contributed by atoms with Crippen molar-refractivity contribution >= 4 is 26.5 Å². The third-order valence-electron chi connectivity index (χ3n) is 1.46. The average Bonchev–Trinajstić information content (AvgIpc) is 2.85. The number of rotatable bonds is 4. The molecule has 0 radical (unpaired) electrons. The molecule has 0 fully saturated rings. The molecule has 0 saturated heterocycles. The van der Waals surface area contributed by atoms with Crippen molar-refractivity contribution in [2.75, 3.05) is 5.73 Å². The summed E-state index contributed by atoms with van der Waals surface area (Å²) in [4.78, 5) is 0. The van der Waals surface area contributed by atoms with Crippen LogP contribution < -0.4 is 10.5 Å². The molecule has 0 bridgehead atoms. The summed E-state index contributed by atoms with van der Waals surface area (Å²) in [5.74, 6) is 0.223. The molecule has 4 N–H and O–H groups in total. The molecule has 2 rings (SSSR count). The van der Waals surface area contributed by atoms with Gasteiger partial charge in [-0.1, -0.05) is 16.6 Å². The Labute approximate surface area is 93.3 Å². The van der Waals surface area contributed by atoms with E-state index in [0.717, 1.165) is 11.3 Å². The van der Waals surface area contributed by atoms with Crippen molar-refractivity contribution in [1.29, 1.82) is 0 Å². The first-order valence-corrected chi connectivity index (χ1v) is 6.19. The predicted molar refractivity (Wildman–Crippen MR) is 52.5 cm³/mol. The van der Waals surface area contributed by atoms with Gasteiger partial charge in [0.2, 0.25) is 9.47 Å². The number of nitrogen functional groups attached to an aromatic ring is 1. The molecule has 0 spiro atoms. The molecule has 2 aromatic rings. The van der Waals surface area contributed by atoms with Gasteiger partial charge in [-0.25, -0.2) is 13.1 Å². The maximum Gasteiger partial charge on any atom is 0.270 e. The summed E-state index contributed by atoms with van der Waals surface area (Å²) >= 11 is 0.773. The van der Waals surface area contributed by atoms with Crippen molar-refractivity contribution in [2.45, 2.75) is 10.9 Å². The molecule has 0 unspecified atom stereocenters. The molecule has 12 heteroatoms. The second-order valence-corrected chi connectivity index (χ2v) is 5.51. The van der Waals surface area contributed by atoms with E-state index in [0.29, 0.717) is 0 Å². The molecule has 16 heavy (non-hydrogen) atoms. The lowest BCUT2D eigenvalue weighted by Gasteiger charge is -1.98. The van der Waals surface area contributed by atoms with Crippen molar-refractivity contribution in [2.24, 2.45) is 0 Å². The maximum absolute atomic E-state index is 11.6. The van der Waals surface area contributed by atoms with Crippen LogP contribution in [0.3, 0.4) is 0 Å². The molecule has 10 nitrogen and oxygen atoms in total. The standard InChI is InChI=1S/C4H6N8O2S2/c5-3-9-10-4(15-3)16(13,14)6-1-2-7-11-12-8-2/h6H,1H2,(H2,5,9)(H,7,8,11,12). The van der Waals surface area contributed by atoms with E-state index >= 15 is 0 Å². The monoisotopic (exact) mass is 262 g/mol. The molecule has 0 atom stereocenters. The summed E-state index contributed by atoms with van der Waals surface area (Å²) in [6.45, 7) is -0.0850. The fraction of sp³-hybridized carbons (Fsp3) is 0.250. The van der Waals surface area contributed by atoms with E-state index in [1.54, 1.807) is 0 Å². The Morgan fingerprint density at radius 3 is 2.75 bits per heavy atom. The minimum Gasteiger partial charge on any atom is -0.374 e. The highest BCUT2D eigenvalue weighted by Crippen LogP contribution is 2.16. The Morgan fingerprint density at radius 2 is 2.19 bits per heavy atom. The van der Waals surface area contributed by atoms with Crippen LogP contribution in [0.25, 0.3) is 0 Å². The third-order valence-corrected chi connectivity index (χ3v) is 3.98. The number of sulfonamides is 1. The zero-order valence-electron chi connectivity index (χ0n) is 7.65. The van der Waals surface area contributed by atoms with E-state index in [-0.39, 0.29) is 21.8 Å². The first-order valence-electron chi connectivity index (χ1n) is 3.89. The molecule has 0 saturated carbocycles. The normalized spacial score (nSPS) is 11.8. The van der Waals surface area contributed by atoms with Crippen molar-refractivity contribution in [1.82, 2.24) is 35.5 Å². The molecular formula is C4H6N8O2S2. The van der Waals surface area contributed by atoms with Crippen LogP contribution in [-0.4, -0.2) is 39.2 Å². The van der Waals surface area contributed by atoms with Crippen LogP contribution in [-0.2, 0) is 16.6 Å². The molecule has 0 aliphatic heterocycles. The zero-order chi connectivity index (χ0) is 11.6. The first-order chi connectivity index (χ1) is 7.58. The fourth-order valence-electron chi connectivity index (χ4n) is 0.808. The largest absolute Gasteiger partial charge is 0.374 e. The second kappa shape index (κ2) is 4.07. The Bertz CT molecular complexity index is 559. The minimum absolute atomic E-state index is 0.0833. The lowest BCUT2D eigenvalue weighted by Crippen LogP contribution is -2.23. The van der Waals surface area contributed by atoms with Crippen molar-refractivity contribution in [3.8, 4) is 0 Å². The van der Waals surface area contributed by atoms with Crippen LogP contribution >= 0.6 is 11.3 Å². The lowest BCUT2D eigenvalue weighted by atomic mass is 10.7. The Morgan fingerprint density at radius 1 is 1.38 bits per heavy atom. The van der Waals surface area contributed by atoms with Crippen LogP contribution in [0.15, 0.2) is 4.34 Å². The third kappa shape index (κ3) is 2.29. The molecule has 0 amide bonds. The molecule has 0 aromatic carbocycles. The van der Waals surface area contributed by atoms with Crippen LogP contribution in [0.1, 0.15) is 5.82 Å². The first kappa shape index (κ1) is 10.8. The average molecular weight is 262 g/mol. The quantitative estimate of drug-likeness (QED) is 0.578. The minimum atomic E-state index is -3.72. The van der Waals surface area contributed by atoms with E-state index in [2.05, 4.69) is 35.5 Å². The molecule has 86 valence electrons. The summed E-state index contributed by atoms with van der Waals surface area (Å²) in [5.41, 5.74) is 5.28. The highest BCUT2D eigenvalue weighted by molar-refractivity contribution is 7.91. The number of nitrogens with zero attached hydrogens (tertiary/aromatic N) is 5. The van der Waals surface area contributed by atoms with Gasteiger partial charge >= 0.3 is 0 Å². The maximum atomic E-state index is 11.6. The van der Waals surface area contributed by atoms with E-state index in [9.17, 15) is 8.42 Å². The highest BCUT2D eigenvalue weighted by atomic mass is 32.2. The number of aromatic nitrogens is 6. The van der Waals surface area contributed by atoms with Gasteiger partial charge in [-0.3, -0.25) is 0 Å². The van der Waals surface area contributed by atoms with Gasteiger partial charge in [0, 0.05) is 0 Å². The Kier molecular flexibility index (Phi) is 2.76. The Balaban J connectivity index is 2.09. The van der Waals surface area contributed by atoms with Gasteiger partial charge in [-0.15, -0.1) is 20.4 Å². The molecular weight excluding hydrogens is 256 g/mol. The summed E-state index contributed by atoms with van der Waals surface area (Å²) in [5, 5.41) is 19.6. The molecule has 2 heterocycles. The number of anilines is 1. The smallest absolute Gasteiger partial charge is 0.270 e. The van der Waals surface area contributed by atoms with Crippen molar-refractivity contribution < 1.29 is 8.42 Å². The van der Waals surface area contributed by atoms with E-state index in [4.69, 9.17) is 5.73 Å². The van der Waals surface area contributed by atoms with Gasteiger partial charge in [0.15, 0.2) is 5.82 Å². The van der Waals surface area contributed by atoms with Gasteiger partial charge < -0.3 is 5.73 Å². The van der Waals surface area contributed by atoms with Crippen molar-refractivity contribution in [3.63, 3.8) is 0 Å². The van der Waals surface area contributed by atoms with Gasteiger partial charge in [0.05, 0.1) is 6.54 Å². The van der Waals surface area contributed by atoms with Crippen LogP contribution in [0.5, 0.6) is 0 Å². The van der Waals surface area contributed by atoms with Gasteiger partial charge in [0.1, 0.15) is 0 Å². The van der Waals surface area contributed by atoms with Gasteiger partial charge in [0.25, 0.3) is 10.0 Å². The summed E-state index contributed by atoms with van der Waals surface area (Å²) in [6.07, 6.45) is 0. The highest BCUT2D eigenvalue weighted by Gasteiger charge is 2.19. The van der Waals surface area contributed by atoms with E-state index < -0.39 is 10.0 Å². The number of nitrogens with two attached hydrogens (primary N) is 1. The number of hydrogen-bond acceptors (Lipinski definition) is 9. The van der Waals surface area contributed by atoms with Crippen LogP contribution in [0.2, 0.25) is 0 Å². The van der Waals surface area contributed by atoms with Crippen LogP contribution in [0, 0.1) is 0 Å². The topological polar surface area (TPSA) is 152 Å². The number of nitrogens with one attached hydrogen (secondary N) is 2. The fourth-order valence-corrected chi connectivity index (χ4v) is 2.61. The Hall–Kier alpha value is -1.66. The molecule has 2 aromatic heterocycles. The zero-order valence-corrected chi connectivity index (χ0v) is 9.29. The van der Waals surface area contributed by atoms with Gasteiger partial charge in [-0.2, -0.15) is 5.21 Å². The number of H-pyrrole nitrogens is 1. The van der Waals surface area contributed by atoms with E-state index in [1.165, 1.54) is 0 Å². The summed E-state index contributed by atoms with van der Waals surface area (Å²) in [6, 6.07) is 0. The molecule has 0 aliphatic rings. The lowest BCUT2D eigenvalue weighted by molar-refractivity contribution is 0.577. The number of hydrogen-bond donors (Lipinski definition) is 3. The van der Waals surface area contributed by atoms with E-state index in [1.807, 2.05) is 0 Å². The van der Waals surface area contributed by atoms with Crippen LogP contribution in [0.4, 0.5) is 5.13 Å². The number of aromatic amines is 1. The number of tetrazole rings is 1. The summed E-state index contributed by atoms with van der Waals surface area (Å²) < 4.78 is 25.2. The SMILES string of the molecule is Nc1nnc(S(=O)(=O)NCc2nn[nH]n2)s1. The predicted octanol–water partition coefficient (Wildman–Crippen LogP) is -1.89.